The second-order valence-electron chi connectivity index (χ2n) is 5.82. The van der Waals surface area contributed by atoms with Gasteiger partial charge in [-0.2, -0.15) is 0 Å². The van der Waals surface area contributed by atoms with Crippen LogP contribution in [0.5, 0.6) is 0 Å². The minimum atomic E-state index is -0.941. The number of nitrogens with one attached hydrogen (secondary N) is 1. The van der Waals surface area contributed by atoms with Gasteiger partial charge >= 0.3 is 11.9 Å². The zero-order chi connectivity index (χ0) is 16.6. The molecule has 122 valence electrons. The van der Waals surface area contributed by atoms with E-state index in [1.807, 2.05) is 12.2 Å². The molecule has 1 heterocycles. The molecule has 3 aliphatic rings. The molecule has 0 saturated heterocycles. The zero-order valence-corrected chi connectivity index (χ0v) is 13.3. The molecular weight excluding hydrogens is 318 g/mol. The van der Waals surface area contributed by atoms with Crippen molar-refractivity contribution in [2.45, 2.75) is 12.8 Å². The Morgan fingerprint density at radius 3 is 2.43 bits per heavy atom. The predicted molar refractivity (Wildman–Crippen MR) is 84.3 cm³/mol. The van der Waals surface area contributed by atoms with Crippen LogP contribution in [0.1, 0.15) is 23.2 Å². The van der Waals surface area contributed by atoms with E-state index in [4.69, 9.17) is 0 Å². The number of methoxy groups -OCH3 is 1. The number of rotatable bonds is 4. The van der Waals surface area contributed by atoms with Gasteiger partial charge in [-0.25, -0.2) is 4.79 Å². The second-order valence-corrected chi connectivity index (χ2v) is 6.74. The van der Waals surface area contributed by atoms with Crippen LogP contribution < -0.4 is 5.32 Å². The first kappa shape index (κ1) is 15.7. The van der Waals surface area contributed by atoms with Crippen molar-refractivity contribution in [3.05, 3.63) is 29.2 Å². The highest BCUT2D eigenvalue weighted by Crippen LogP contribution is 2.45. The Balaban J connectivity index is 1.83. The standard InChI is InChI=1S/C16H17NO5S/c1-22-16(21)10-6-7-23-14(10)17-13(18)11-8-2-4-9(5-3-8)12(11)15(19)20/h2,4,6-9,11-12H,3,5H2,1H3,(H,17,18)(H,19,20)/t8-,9+,11+,12+/m1/s1. The molecule has 6 nitrogen and oxygen atoms in total. The molecule has 1 aromatic heterocycles. The highest BCUT2D eigenvalue weighted by molar-refractivity contribution is 7.14. The number of carbonyl (C=O) groups is 3. The van der Waals surface area contributed by atoms with Crippen LogP contribution >= 0.6 is 11.3 Å². The van der Waals surface area contributed by atoms with E-state index in [9.17, 15) is 19.5 Å². The van der Waals surface area contributed by atoms with Gasteiger partial charge in [-0.05, 0) is 36.1 Å². The molecule has 1 aromatic rings. The molecule has 0 aromatic carbocycles. The summed E-state index contributed by atoms with van der Waals surface area (Å²) in [5.74, 6) is -3.29. The van der Waals surface area contributed by atoms with Gasteiger partial charge in [0.25, 0.3) is 0 Å². The van der Waals surface area contributed by atoms with Gasteiger partial charge in [-0.1, -0.05) is 12.2 Å². The summed E-state index contributed by atoms with van der Waals surface area (Å²) < 4.78 is 4.68. The number of aliphatic carboxylic acids is 1. The molecule has 0 unspecified atom stereocenters. The lowest BCUT2D eigenvalue weighted by Gasteiger charge is -2.41. The van der Waals surface area contributed by atoms with Crippen molar-refractivity contribution in [1.82, 2.24) is 0 Å². The van der Waals surface area contributed by atoms with Crippen LogP contribution in [-0.4, -0.2) is 30.1 Å². The summed E-state index contributed by atoms with van der Waals surface area (Å²) >= 11 is 1.22. The maximum atomic E-state index is 12.7. The fourth-order valence-electron chi connectivity index (χ4n) is 3.56. The van der Waals surface area contributed by atoms with Crippen LogP contribution in [0.3, 0.4) is 0 Å². The number of hydrogen-bond acceptors (Lipinski definition) is 5. The van der Waals surface area contributed by atoms with Gasteiger partial charge in [0.1, 0.15) is 5.00 Å². The number of amides is 1. The molecule has 23 heavy (non-hydrogen) atoms. The summed E-state index contributed by atoms with van der Waals surface area (Å²) in [5, 5.41) is 14.3. The summed E-state index contributed by atoms with van der Waals surface area (Å²) in [4.78, 5) is 36.0. The minimum Gasteiger partial charge on any atom is -0.481 e. The monoisotopic (exact) mass is 335 g/mol. The number of thiophene rings is 1. The lowest BCUT2D eigenvalue weighted by Crippen LogP contribution is -2.47. The van der Waals surface area contributed by atoms with Crippen molar-refractivity contribution in [3.63, 3.8) is 0 Å². The maximum Gasteiger partial charge on any atom is 0.340 e. The molecule has 4 atom stereocenters. The lowest BCUT2D eigenvalue weighted by atomic mass is 9.62. The van der Waals surface area contributed by atoms with Crippen LogP contribution in [0.2, 0.25) is 0 Å². The largest absolute Gasteiger partial charge is 0.481 e. The van der Waals surface area contributed by atoms with Gasteiger partial charge in [-0.15, -0.1) is 11.3 Å². The van der Waals surface area contributed by atoms with Crippen molar-refractivity contribution in [3.8, 4) is 0 Å². The van der Waals surface area contributed by atoms with Crippen molar-refractivity contribution < 1.29 is 24.2 Å². The molecule has 0 radical (unpaired) electrons. The number of hydrogen-bond donors (Lipinski definition) is 2. The number of fused-ring (bicyclic) bond motifs is 2. The van der Waals surface area contributed by atoms with E-state index in [-0.39, 0.29) is 23.3 Å². The Morgan fingerprint density at radius 2 is 1.87 bits per heavy atom. The predicted octanol–water partition coefficient (Wildman–Crippen LogP) is 2.39. The first-order valence-electron chi connectivity index (χ1n) is 7.40. The maximum absolute atomic E-state index is 12.7. The van der Waals surface area contributed by atoms with Crippen LogP contribution in [0.4, 0.5) is 5.00 Å². The molecule has 7 heteroatoms. The number of carboxylic acid groups (broad SMARTS) is 1. The Kier molecular flexibility index (Phi) is 4.21. The van der Waals surface area contributed by atoms with Gasteiger partial charge in [0.2, 0.25) is 5.91 Å². The fraction of sp³-hybridized carbons (Fsp3) is 0.438. The summed E-state index contributed by atoms with van der Waals surface area (Å²) in [6.45, 7) is 0. The van der Waals surface area contributed by atoms with Crippen LogP contribution in [0.15, 0.2) is 23.6 Å². The quantitative estimate of drug-likeness (QED) is 0.651. The van der Waals surface area contributed by atoms with Crippen LogP contribution in [0, 0.1) is 23.7 Å². The fourth-order valence-corrected chi connectivity index (χ4v) is 4.34. The van der Waals surface area contributed by atoms with Crippen LogP contribution in [0.25, 0.3) is 0 Å². The molecule has 1 fully saturated rings. The molecule has 0 aliphatic heterocycles. The molecule has 2 bridgehead atoms. The number of allylic oxidation sites excluding steroid dienone is 2. The van der Waals surface area contributed by atoms with Crippen molar-refractivity contribution in [2.75, 3.05) is 12.4 Å². The summed E-state index contributed by atoms with van der Waals surface area (Å²) in [5.41, 5.74) is 0.286. The Hall–Kier alpha value is -2.15. The average Bonchev–Trinajstić information content (AvgIpc) is 3.02. The van der Waals surface area contributed by atoms with Crippen molar-refractivity contribution in [1.29, 1.82) is 0 Å². The molecule has 2 N–H and O–H groups in total. The summed E-state index contributed by atoms with van der Waals surface area (Å²) in [6.07, 6.45) is 5.49. The first-order valence-corrected chi connectivity index (χ1v) is 8.28. The summed E-state index contributed by atoms with van der Waals surface area (Å²) in [7, 11) is 1.27. The highest BCUT2D eigenvalue weighted by atomic mass is 32.1. The van der Waals surface area contributed by atoms with Gasteiger partial charge in [0, 0.05) is 0 Å². The van der Waals surface area contributed by atoms with Crippen molar-refractivity contribution in [2.24, 2.45) is 23.7 Å². The van der Waals surface area contributed by atoms with E-state index in [2.05, 4.69) is 10.1 Å². The highest BCUT2D eigenvalue weighted by Gasteiger charge is 2.48. The van der Waals surface area contributed by atoms with Gasteiger partial charge in [0.15, 0.2) is 0 Å². The van der Waals surface area contributed by atoms with Gasteiger partial charge in [0.05, 0.1) is 24.5 Å². The molecule has 1 saturated carbocycles. The minimum absolute atomic E-state index is 0.0670. The van der Waals surface area contributed by atoms with E-state index in [0.29, 0.717) is 5.00 Å². The number of anilines is 1. The van der Waals surface area contributed by atoms with E-state index >= 15 is 0 Å². The smallest absolute Gasteiger partial charge is 0.340 e. The third kappa shape index (κ3) is 2.76. The van der Waals surface area contributed by atoms with E-state index in [1.54, 1.807) is 11.4 Å². The SMILES string of the molecule is COC(=O)c1ccsc1NC(=O)[C@@H]1[C@@H](C(=O)O)[C@H]2C=C[C@@H]1CC2. The first-order chi connectivity index (χ1) is 11.0. The number of carbonyl (C=O) groups excluding carboxylic acids is 2. The van der Waals surface area contributed by atoms with Crippen LogP contribution in [-0.2, 0) is 14.3 Å². The van der Waals surface area contributed by atoms with E-state index in [0.717, 1.165) is 12.8 Å². The number of esters is 1. The average molecular weight is 335 g/mol. The molecule has 4 rings (SSSR count). The lowest BCUT2D eigenvalue weighted by molar-refractivity contribution is -0.151. The Bertz CT molecular complexity index is 680. The molecule has 1 amide bonds. The van der Waals surface area contributed by atoms with Gasteiger partial charge in [-0.3, -0.25) is 9.59 Å². The molecule has 3 aliphatic carbocycles. The summed E-state index contributed by atoms with van der Waals surface area (Å²) in [6, 6.07) is 1.58. The van der Waals surface area contributed by atoms with Crippen molar-refractivity contribution >= 4 is 34.2 Å². The topological polar surface area (TPSA) is 92.7 Å². The number of ether oxygens (including phenoxy) is 1. The zero-order valence-electron chi connectivity index (χ0n) is 12.5. The second kappa shape index (κ2) is 6.16. The Morgan fingerprint density at radius 1 is 1.22 bits per heavy atom. The molecule has 0 spiro atoms. The van der Waals surface area contributed by atoms with E-state index in [1.165, 1.54) is 18.4 Å². The third-order valence-corrected chi connectivity index (χ3v) is 5.47. The third-order valence-electron chi connectivity index (χ3n) is 4.64. The van der Waals surface area contributed by atoms with E-state index < -0.39 is 23.8 Å². The number of carboxylic acids is 1. The normalized spacial score (nSPS) is 28.4. The van der Waals surface area contributed by atoms with Gasteiger partial charge < -0.3 is 15.2 Å². The Labute approximate surface area is 137 Å². The molecular formula is C16H17NO5S.